The van der Waals surface area contributed by atoms with Crippen LogP contribution in [0.1, 0.15) is 29.4 Å². The zero-order valence-corrected chi connectivity index (χ0v) is 34.1. The second kappa shape index (κ2) is 17.3. The SMILES string of the molecule is CCc1cnn2c(N(Cc3ccc(OC)cc3)Cc3nc4c(F)c(F)ccc4n3COCC[Si](C)(C)C)nc(N3CCN(C(=O)OCc4ccccc4)CC3)nc12. The van der Waals surface area contributed by atoms with Gasteiger partial charge in [-0.05, 0) is 47.9 Å². The van der Waals surface area contributed by atoms with Crippen LogP contribution in [0, 0.1) is 11.6 Å². The number of imidazole rings is 1. The summed E-state index contributed by atoms with van der Waals surface area (Å²) in [7, 11) is 0.233. The van der Waals surface area contributed by atoms with Gasteiger partial charge in [-0.15, -0.1) is 0 Å². The number of hydrogen-bond donors (Lipinski definition) is 0. The van der Waals surface area contributed by atoms with Gasteiger partial charge in [-0.3, -0.25) is 0 Å². The number of carbonyl (C=O) groups excluding carboxylic acids is 1. The van der Waals surface area contributed by atoms with Crippen molar-refractivity contribution in [2.75, 3.05) is 49.7 Å². The van der Waals surface area contributed by atoms with Gasteiger partial charge in [-0.25, -0.2) is 18.6 Å². The van der Waals surface area contributed by atoms with Crippen LogP contribution in [0.4, 0.5) is 25.5 Å². The Hall–Kier alpha value is -5.61. The summed E-state index contributed by atoms with van der Waals surface area (Å²) >= 11 is 0. The molecule has 0 unspecified atom stereocenters. The van der Waals surface area contributed by atoms with E-state index in [1.807, 2.05) is 66.4 Å². The normalized spacial score (nSPS) is 13.5. The predicted octanol–water partition coefficient (Wildman–Crippen LogP) is 7.30. The molecule has 1 aliphatic heterocycles. The number of fused-ring (bicyclic) bond motifs is 2. The monoisotopic (exact) mass is 797 g/mol. The first kappa shape index (κ1) is 39.6. The van der Waals surface area contributed by atoms with Gasteiger partial charge < -0.3 is 33.5 Å². The zero-order chi connectivity index (χ0) is 40.1. The Morgan fingerprint density at radius 3 is 2.35 bits per heavy atom. The van der Waals surface area contributed by atoms with Crippen LogP contribution in [0.2, 0.25) is 25.7 Å². The van der Waals surface area contributed by atoms with Crippen molar-refractivity contribution in [2.45, 2.75) is 65.5 Å². The minimum absolute atomic E-state index is 0.0655. The maximum atomic E-state index is 15.3. The standard InChI is InChI=1S/C41H49F2N9O4Si/c1-6-31-24-44-52-38(31)46-39(48-18-20-49(21-19-48)41(53)56-27-30-10-8-7-9-11-30)47-40(52)50(25-29-12-14-32(54-2)15-13-29)26-35-45-37-34(17-16-33(42)36(37)43)51(35)28-55-22-23-57(3,4)5/h7-17,24H,6,18-23,25-28H2,1-5H3. The molecule has 0 aliphatic carbocycles. The molecule has 16 heteroatoms. The van der Waals surface area contributed by atoms with Crippen molar-refractivity contribution >= 4 is 42.7 Å². The summed E-state index contributed by atoms with van der Waals surface area (Å²) in [5.74, 6) is 0.181. The van der Waals surface area contributed by atoms with Crippen LogP contribution in [0.3, 0.4) is 0 Å². The van der Waals surface area contributed by atoms with Gasteiger partial charge in [0.1, 0.15) is 30.4 Å². The van der Waals surface area contributed by atoms with E-state index in [1.165, 1.54) is 0 Å². The number of methoxy groups -OCH3 is 1. The summed E-state index contributed by atoms with van der Waals surface area (Å²) in [4.78, 5) is 33.6. The summed E-state index contributed by atoms with van der Waals surface area (Å²) in [5.41, 5.74) is 3.83. The lowest BCUT2D eigenvalue weighted by Crippen LogP contribution is -2.49. The summed E-state index contributed by atoms with van der Waals surface area (Å²) < 4.78 is 50.7. The number of halogens is 2. The molecule has 1 fully saturated rings. The number of benzene rings is 3. The highest BCUT2D eigenvalue weighted by atomic mass is 28.3. The van der Waals surface area contributed by atoms with Crippen molar-refractivity contribution in [3.05, 3.63) is 107 Å². The van der Waals surface area contributed by atoms with Crippen molar-refractivity contribution in [3.8, 4) is 5.75 Å². The predicted molar refractivity (Wildman–Crippen MR) is 217 cm³/mol. The molecule has 300 valence electrons. The van der Waals surface area contributed by atoms with E-state index in [2.05, 4.69) is 29.5 Å². The van der Waals surface area contributed by atoms with Crippen LogP contribution in [-0.2, 0) is 42.3 Å². The minimum atomic E-state index is -1.39. The van der Waals surface area contributed by atoms with E-state index in [-0.39, 0.29) is 31.5 Å². The topological polar surface area (TPSA) is 115 Å². The molecule has 7 rings (SSSR count). The average Bonchev–Trinajstić information content (AvgIpc) is 3.80. The molecular weight excluding hydrogens is 749 g/mol. The third kappa shape index (κ3) is 9.18. The lowest BCUT2D eigenvalue weighted by Gasteiger charge is -2.34. The third-order valence-corrected chi connectivity index (χ3v) is 11.8. The smallest absolute Gasteiger partial charge is 0.410 e. The lowest BCUT2D eigenvalue weighted by atomic mass is 10.2. The van der Waals surface area contributed by atoms with Crippen molar-refractivity contribution in [1.29, 1.82) is 0 Å². The molecule has 13 nitrogen and oxygen atoms in total. The fourth-order valence-corrected chi connectivity index (χ4v) is 7.45. The summed E-state index contributed by atoms with van der Waals surface area (Å²) in [5, 5.41) is 4.75. The highest BCUT2D eigenvalue weighted by Gasteiger charge is 2.28. The van der Waals surface area contributed by atoms with Crippen LogP contribution in [-0.4, -0.2) is 88.1 Å². The van der Waals surface area contributed by atoms with Crippen LogP contribution in [0.25, 0.3) is 16.7 Å². The van der Waals surface area contributed by atoms with Gasteiger partial charge in [-0.1, -0.05) is 69.0 Å². The van der Waals surface area contributed by atoms with Crippen LogP contribution < -0.4 is 14.5 Å². The van der Waals surface area contributed by atoms with Gasteiger partial charge >= 0.3 is 6.09 Å². The molecule has 1 aliphatic rings. The second-order valence-corrected chi connectivity index (χ2v) is 21.0. The number of aryl methyl sites for hydroxylation is 1. The number of ether oxygens (including phenoxy) is 3. The van der Waals surface area contributed by atoms with Crippen molar-refractivity contribution in [3.63, 3.8) is 0 Å². The largest absolute Gasteiger partial charge is 0.497 e. The fraction of sp³-hybridized carbons (Fsp3) is 0.390. The molecule has 1 amide bonds. The maximum absolute atomic E-state index is 15.3. The number of hydrogen-bond acceptors (Lipinski definition) is 10. The van der Waals surface area contributed by atoms with Crippen LogP contribution in [0.15, 0.2) is 72.9 Å². The Balaban J connectivity index is 1.23. The third-order valence-electron chi connectivity index (χ3n) is 10.1. The first-order chi connectivity index (χ1) is 27.5. The molecule has 0 N–H and O–H groups in total. The van der Waals surface area contributed by atoms with Gasteiger partial charge in [0.25, 0.3) is 0 Å². The van der Waals surface area contributed by atoms with E-state index >= 15 is 4.39 Å². The van der Waals surface area contributed by atoms with Crippen LogP contribution in [0.5, 0.6) is 5.75 Å². The first-order valence-corrected chi connectivity index (χ1v) is 23.0. The molecule has 6 aromatic rings. The van der Waals surface area contributed by atoms with E-state index in [1.54, 1.807) is 33.4 Å². The first-order valence-electron chi connectivity index (χ1n) is 19.2. The maximum Gasteiger partial charge on any atom is 0.410 e. The molecule has 0 spiro atoms. The van der Waals surface area contributed by atoms with Gasteiger partial charge in [0.2, 0.25) is 11.9 Å². The van der Waals surface area contributed by atoms with E-state index < -0.39 is 19.7 Å². The molecule has 0 saturated carbocycles. The number of anilines is 2. The van der Waals surface area contributed by atoms with E-state index in [0.29, 0.717) is 74.6 Å². The Labute approximate surface area is 331 Å². The number of nitrogens with zero attached hydrogens (tertiary/aromatic N) is 9. The van der Waals surface area contributed by atoms with Gasteiger partial charge in [0.05, 0.1) is 25.4 Å². The fourth-order valence-electron chi connectivity index (χ4n) is 6.69. The van der Waals surface area contributed by atoms with E-state index in [4.69, 9.17) is 29.3 Å². The number of amides is 1. The van der Waals surface area contributed by atoms with Crippen molar-refractivity contribution in [1.82, 2.24) is 34.0 Å². The quantitative estimate of drug-likeness (QED) is 0.0775. The number of aromatic nitrogens is 6. The van der Waals surface area contributed by atoms with Gasteiger partial charge in [0, 0.05) is 53.0 Å². The molecular formula is C41H49F2N9O4Si. The Morgan fingerprint density at radius 1 is 0.895 bits per heavy atom. The highest BCUT2D eigenvalue weighted by molar-refractivity contribution is 6.76. The Bertz CT molecular complexity index is 2310. The molecule has 1 saturated heterocycles. The van der Waals surface area contributed by atoms with E-state index in [9.17, 15) is 9.18 Å². The van der Waals surface area contributed by atoms with Gasteiger partial charge in [0.15, 0.2) is 17.3 Å². The molecule has 3 aromatic carbocycles. The highest BCUT2D eigenvalue weighted by Crippen LogP contribution is 2.28. The summed E-state index contributed by atoms with van der Waals surface area (Å²) in [6, 6.07) is 20.9. The molecule has 0 atom stereocenters. The number of carbonyl (C=O) groups is 1. The number of piperazine rings is 1. The lowest BCUT2D eigenvalue weighted by molar-refractivity contribution is 0.0878. The number of rotatable bonds is 15. The van der Waals surface area contributed by atoms with Crippen molar-refractivity contribution < 1.29 is 27.8 Å². The Kier molecular flexibility index (Phi) is 12.0. The summed E-state index contributed by atoms with van der Waals surface area (Å²) in [6.07, 6.45) is 2.12. The van der Waals surface area contributed by atoms with Crippen LogP contribution >= 0.6 is 0 Å². The van der Waals surface area contributed by atoms with Crippen molar-refractivity contribution in [2.24, 2.45) is 0 Å². The molecule has 4 heterocycles. The summed E-state index contributed by atoms with van der Waals surface area (Å²) in [6.45, 7) is 12.1. The average molecular weight is 798 g/mol. The zero-order valence-electron chi connectivity index (χ0n) is 33.1. The molecule has 0 bridgehead atoms. The molecule has 3 aromatic heterocycles. The molecule has 0 radical (unpaired) electrons. The van der Waals surface area contributed by atoms with E-state index in [0.717, 1.165) is 34.6 Å². The molecule has 57 heavy (non-hydrogen) atoms. The van der Waals surface area contributed by atoms with Gasteiger partial charge in [-0.2, -0.15) is 19.6 Å². The second-order valence-electron chi connectivity index (χ2n) is 15.3. The Morgan fingerprint density at radius 2 is 1.65 bits per heavy atom. The minimum Gasteiger partial charge on any atom is -0.497 e.